The number of nitrogens with zero attached hydrogens (tertiary/aromatic N) is 3. The molecule has 1 aromatic heterocycles. The first kappa shape index (κ1) is 21.2. The lowest BCUT2D eigenvalue weighted by Crippen LogP contribution is -2.47. The van der Waals surface area contributed by atoms with Crippen molar-refractivity contribution in [1.82, 2.24) is 20.4 Å². The van der Waals surface area contributed by atoms with Crippen LogP contribution in [0, 0.1) is 5.41 Å². The Kier molecular flexibility index (Phi) is 9.65. The van der Waals surface area contributed by atoms with Crippen molar-refractivity contribution in [1.29, 1.82) is 0 Å². The number of aliphatic imine (C=N–C) groups is 1. The fraction of sp³-hybridized carbons (Fsp3) is 0.765. The number of methoxy groups -OCH3 is 1. The van der Waals surface area contributed by atoms with Crippen LogP contribution < -0.4 is 10.6 Å². The number of ether oxygens (including phenoxy) is 1. The summed E-state index contributed by atoms with van der Waals surface area (Å²) in [6.45, 7) is 2.75. The van der Waals surface area contributed by atoms with Gasteiger partial charge in [-0.2, -0.15) is 5.10 Å². The van der Waals surface area contributed by atoms with E-state index in [9.17, 15) is 0 Å². The van der Waals surface area contributed by atoms with Crippen LogP contribution in [0.5, 0.6) is 0 Å². The predicted octanol–water partition coefficient (Wildman–Crippen LogP) is 2.34. The summed E-state index contributed by atoms with van der Waals surface area (Å²) >= 11 is 0. The first-order chi connectivity index (χ1) is 11.2. The zero-order valence-corrected chi connectivity index (χ0v) is 17.5. The van der Waals surface area contributed by atoms with E-state index >= 15 is 0 Å². The lowest BCUT2D eigenvalue weighted by molar-refractivity contribution is 0.0732. The van der Waals surface area contributed by atoms with Crippen LogP contribution in [0.2, 0.25) is 0 Å². The summed E-state index contributed by atoms with van der Waals surface area (Å²) in [7, 11) is 5.56. The summed E-state index contributed by atoms with van der Waals surface area (Å²) in [4.78, 5) is 4.33. The Morgan fingerprint density at radius 2 is 2.21 bits per heavy atom. The Balaban J connectivity index is 0.00000288. The number of guanidine groups is 1. The van der Waals surface area contributed by atoms with Crippen molar-refractivity contribution in [2.24, 2.45) is 17.5 Å². The Morgan fingerprint density at radius 1 is 1.42 bits per heavy atom. The van der Waals surface area contributed by atoms with Gasteiger partial charge in [-0.25, -0.2) is 0 Å². The maximum absolute atomic E-state index is 5.25. The van der Waals surface area contributed by atoms with Crippen LogP contribution in [0.3, 0.4) is 0 Å². The van der Waals surface area contributed by atoms with Gasteiger partial charge in [0, 0.05) is 47.1 Å². The molecule has 0 unspecified atom stereocenters. The van der Waals surface area contributed by atoms with E-state index in [1.54, 1.807) is 7.11 Å². The van der Waals surface area contributed by atoms with E-state index in [1.165, 1.54) is 24.8 Å². The zero-order valence-electron chi connectivity index (χ0n) is 15.2. The molecule has 2 N–H and O–H groups in total. The molecule has 6 nitrogen and oxygen atoms in total. The lowest BCUT2D eigenvalue weighted by Gasteiger charge is -2.42. The van der Waals surface area contributed by atoms with Crippen LogP contribution >= 0.6 is 24.0 Å². The second kappa shape index (κ2) is 10.9. The van der Waals surface area contributed by atoms with Crippen LogP contribution in [0.4, 0.5) is 0 Å². The number of hydrogen-bond acceptors (Lipinski definition) is 3. The summed E-state index contributed by atoms with van der Waals surface area (Å²) in [5.74, 6) is 0.903. The van der Waals surface area contributed by atoms with Crippen molar-refractivity contribution in [3.63, 3.8) is 0 Å². The van der Waals surface area contributed by atoms with E-state index < -0.39 is 0 Å². The molecule has 0 radical (unpaired) electrons. The topological polar surface area (TPSA) is 63.5 Å². The highest BCUT2D eigenvalue weighted by Gasteiger charge is 2.36. The van der Waals surface area contributed by atoms with E-state index in [0.717, 1.165) is 44.9 Å². The van der Waals surface area contributed by atoms with Gasteiger partial charge in [-0.3, -0.25) is 9.67 Å². The minimum atomic E-state index is 0. The molecule has 1 fully saturated rings. The second-order valence-corrected chi connectivity index (χ2v) is 6.57. The minimum absolute atomic E-state index is 0. The first-order valence-corrected chi connectivity index (χ1v) is 8.58. The monoisotopic (exact) mass is 449 g/mol. The van der Waals surface area contributed by atoms with E-state index in [4.69, 9.17) is 4.74 Å². The Morgan fingerprint density at radius 3 is 2.75 bits per heavy atom. The highest BCUT2D eigenvalue weighted by Crippen LogP contribution is 2.43. The van der Waals surface area contributed by atoms with Crippen molar-refractivity contribution in [3.8, 4) is 0 Å². The lowest BCUT2D eigenvalue weighted by atomic mass is 9.67. The highest BCUT2D eigenvalue weighted by molar-refractivity contribution is 14.0. The number of nitrogens with one attached hydrogen (secondary N) is 2. The maximum Gasteiger partial charge on any atom is 0.190 e. The van der Waals surface area contributed by atoms with Gasteiger partial charge < -0.3 is 15.4 Å². The third kappa shape index (κ3) is 6.58. The summed E-state index contributed by atoms with van der Waals surface area (Å²) < 4.78 is 7.10. The number of aryl methyl sites for hydroxylation is 2. The van der Waals surface area contributed by atoms with Gasteiger partial charge in [0.25, 0.3) is 0 Å². The molecule has 0 saturated heterocycles. The van der Waals surface area contributed by atoms with Gasteiger partial charge in [0.2, 0.25) is 0 Å². The summed E-state index contributed by atoms with van der Waals surface area (Å²) in [6.07, 6.45) is 11.2. The van der Waals surface area contributed by atoms with Crippen molar-refractivity contribution in [2.45, 2.75) is 38.5 Å². The number of aromatic nitrogens is 2. The molecule has 7 heteroatoms. The van der Waals surface area contributed by atoms with Crippen LogP contribution in [-0.2, 0) is 18.2 Å². The van der Waals surface area contributed by atoms with Crippen LogP contribution in [0.25, 0.3) is 0 Å². The molecular formula is C17H32IN5O. The van der Waals surface area contributed by atoms with Crippen molar-refractivity contribution in [2.75, 3.05) is 33.9 Å². The van der Waals surface area contributed by atoms with Gasteiger partial charge in [-0.1, -0.05) is 6.42 Å². The van der Waals surface area contributed by atoms with Crippen LogP contribution in [0.1, 0.15) is 37.7 Å². The fourth-order valence-electron chi connectivity index (χ4n) is 3.10. The van der Waals surface area contributed by atoms with E-state index in [1.807, 2.05) is 25.0 Å². The molecule has 2 rings (SSSR count). The van der Waals surface area contributed by atoms with Gasteiger partial charge in [0.15, 0.2) is 5.96 Å². The standard InChI is InChI=1S/C17H31N5O.HI/c1-18-16(19-10-4-6-15-12-21-22(2)13-15)20-14-17(7-5-8-17)9-11-23-3;/h12-13H,4-11,14H2,1-3H3,(H2,18,19,20);1H. The Labute approximate surface area is 162 Å². The van der Waals surface area contributed by atoms with E-state index in [-0.39, 0.29) is 24.0 Å². The smallest absolute Gasteiger partial charge is 0.190 e. The first-order valence-electron chi connectivity index (χ1n) is 8.58. The average Bonchev–Trinajstić information content (AvgIpc) is 2.93. The Bertz CT molecular complexity index is 499. The van der Waals surface area contributed by atoms with E-state index in [2.05, 4.69) is 26.9 Å². The van der Waals surface area contributed by atoms with Gasteiger partial charge in [-0.05, 0) is 43.1 Å². The molecule has 0 amide bonds. The zero-order chi connectivity index (χ0) is 16.5. The molecule has 1 saturated carbocycles. The van der Waals surface area contributed by atoms with Crippen LogP contribution in [-0.4, -0.2) is 49.6 Å². The van der Waals surface area contributed by atoms with E-state index in [0.29, 0.717) is 5.41 Å². The third-order valence-electron chi connectivity index (χ3n) is 4.80. The molecular weight excluding hydrogens is 417 g/mol. The van der Waals surface area contributed by atoms with Gasteiger partial charge >= 0.3 is 0 Å². The van der Waals surface area contributed by atoms with Gasteiger partial charge in [0.05, 0.1) is 6.20 Å². The molecule has 1 aliphatic rings. The second-order valence-electron chi connectivity index (χ2n) is 6.57. The van der Waals surface area contributed by atoms with Gasteiger partial charge in [0.1, 0.15) is 0 Å². The van der Waals surface area contributed by atoms with Crippen molar-refractivity contribution < 1.29 is 4.74 Å². The molecule has 0 spiro atoms. The summed E-state index contributed by atoms with van der Waals surface area (Å²) in [5.41, 5.74) is 1.69. The minimum Gasteiger partial charge on any atom is -0.385 e. The summed E-state index contributed by atoms with van der Waals surface area (Å²) in [5, 5.41) is 11.1. The molecule has 1 aliphatic carbocycles. The van der Waals surface area contributed by atoms with Crippen LogP contribution in [0.15, 0.2) is 17.4 Å². The van der Waals surface area contributed by atoms with Crippen molar-refractivity contribution >= 4 is 29.9 Å². The third-order valence-corrected chi connectivity index (χ3v) is 4.80. The molecule has 0 bridgehead atoms. The quantitative estimate of drug-likeness (QED) is 0.263. The predicted molar refractivity (Wildman–Crippen MR) is 109 cm³/mol. The SMILES string of the molecule is CN=C(NCCCc1cnn(C)c1)NCC1(CCOC)CCC1.I. The fourth-order valence-corrected chi connectivity index (χ4v) is 3.10. The molecule has 0 aliphatic heterocycles. The summed E-state index contributed by atoms with van der Waals surface area (Å²) in [6, 6.07) is 0. The molecule has 0 atom stereocenters. The van der Waals surface area contributed by atoms with Gasteiger partial charge in [-0.15, -0.1) is 24.0 Å². The number of hydrogen-bond donors (Lipinski definition) is 2. The maximum atomic E-state index is 5.25. The highest BCUT2D eigenvalue weighted by atomic mass is 127. The number of rotatable bonds is 9. The average molecular weight is 449 g/mol. The number of halogens is 1. The molecule has 24 heavy (non-hydrogen) atoms. The normalized spacial score (nSPS) is 16.2. The molecule has 1 aromatic rings. The molecule has 138 valence electrons. The molecule has 0 aromatic carbocycles. The Hall–Kier alpha value is -0.830. The largest absolute Gasteiger partial charge is 0.385 e. The molecule has 1 heterocycles. The van der Waals surface area contributed by atoms with Crippen molar-refractivity contribution in [3.05, 3.63) is 18.0 Å².